The summed E-state index contributed by atoms with van der Waals surface area (Å²) < 4.78 is 1.13. The molecule has 0 radical (unpaired) electrons. The minimum Gasteiger partial charge on any atom is -0.375 e. The van der Waals surface area contributed by atoms with E-state index in [1.165, 1.54) is 16.3 Å². The van der Waals surface area contributed by atoms with E-state index in [0.29, 0.717) is 11.0 Å². The van der Waals surface area contributed by atoms with Crippen LogP contribution in [0.2, 0.25) is 0 Å². The lowest BCUT2D eigenvalue weighted by Gasteiger charge is -2.20. The zero-order chi connectivity index (χ0) is 13.6. The van der Waals surface area contributed by atoms with E-state index in [-0.39, 0.29) is 0 Å². The minimum absolute atomic E-state index is 0.300. The Morgan fingerprint density at radius 1 is 1.37 bits per heavy atom. The Kier molecular flexibility index (Phi) is 3.11. The van der Waals surface area contributed by atoms with Crippen molar-refractivity contribution in [2.75, 3.05) is 11.6 Å². The fourth-order valence-corrected chi connectivity index (χ4v) is 3.40. The summed E-state index contributed by atoms with van der Waals surface area (Å²) in [6.07, 6.45) is 0. The zero-order valence-electron chi connectivity index (χ0n) is 10.5. The molecular formula is C14H14BrN3S. The quantitative estimate of drug-likeness (QED) is 0.785. The van der Waals surface area contributed by atoms with Gasteiger partial charge in [-0.05, 0) is 40.7 Å². The Morgan fingerprint density at radius 2 is 2.16 bits per heavy atom. The Labute approximate surface area is 125 Å². The molecule has 0 amide bonds. The second-order valence-electron chi connectivity index (χ2n) is 4.82. The van der Waals surface area contributed by atoms with Crippen LogP contribution in [0.1, 0.15) is 18.4 Å². The van der Waals surface area contributed by atoms with E-state index >= 15 is 0 Å². The number of anilines is 1. The van der Waals surface area contributed by atoms with Gasteiger partial charge in [-0.2, -0.15) is 0 Å². The van der Waals surface area contributed by atoms with E-state index < -0.39 is 0 Å². The second kappa shape index (κ2) is 4.65. The summed E-state index contributed by atoms with van der Waals surface area (Å²) >= 11 is 8.54. The van der Waals surface area contributed by atoms with Gasteiger partial charge >= 0.3 is 0 Å². The van der Waals surface area contributed by atoms with E-state index in [2.05, 4.69) is 58.6 Å². The molecule has 2 aromatic carbocycles. The number of thiocarbonyl (C=S) groups is 1. The number of halogens is 1. The molecule has 0 saturated carbocycles. The SMILES string of the molecule is CC1CN(NC(N)=S)c2ccc3c(Br)cccc3c21. The molecule has 98 valence electrons. The number of hydrogen-bond acceptors (Lipinski definition) is 2. The van der Waals surface area contributed by atoms with Crippen LogP contribution in [0.3, 0.4) is 0 Å². The van der Waals surface area contributed by atoms with Gasteiger partial charge in [0, 0.05) is 16.9 Å². The number of hydrazine groups is 1. The van der Waals surface area contributed by atoms with E-state index in [1.807, 2.05) is 5.01 Å². The minimum atomic E-state index is 0.300. The lowest BCUT2D eigenvalue weighted by molar-refractivity contribution is 0.727. The summed E-state index contributed by atoms with van der Waals surface area (Å²) in [6.45, 7) is 3.10. The zero-order valence-corrected chi connectivity index (χ0v) is 12.9. The molecule has 3 nitrogen and oxygen atoms in total. The summed E-state index contributed by atoms with van der Waals surface area (Å²) in [5.74, 6) is 0.440. The second-order valence-corrected chi connectivity index (χ2v) is 6.12. The summed E-state index contributed by atoms with van der Waals surface area (Å²) in [6, 6.07) is 10.6. The van der Waals surface area contributed by atoms with Gasteiger partial charge in [0.1, 0.15) is 0 Å². The van der Waals surface area contributed by atoms with E-state index in [0.717, 1.165) is 16.7 Å². The summed E-state index contributed by atoms with van der Waals surface area (Å²) in [4.78, 5) is 0. The number of nitrogens with one attached hydrogen (secondary N) is 1. The normalized spacial score (nSPS) is 17.6. The van der Waals surface area contributed by atoms with E-state index in [9.17, 15) is 0 Å². The van der Waals surface area contributed by atoms with E-state index in [1.54, 1.807) is 0 Å². The highest BCUT2D eigenvalue weighted by Gasteiger charge is 2.27. The maximum absolute atomic E-state index is 5.58. The van der Waals surface area contributed by atoms with Crippen molar-refractivity contribution in [3.05, 3.63) is 40.4 Å². The molecule has 5 heteroatoms. The van der Waals surface area contributed by atoms with Gasteiger partial charge < -0.3 is 5.73 Å². The average Bonchev–Trinajstić information content (AvgIpc) is 2.66. The van der Waals surface area contributed by atoms with Gasteiger partial charge in [0.15, 0.2) is 5.11 Å². The third kappa shape index (κ3) is 2.07. The highest BCUT2D eigenvalue weighted by molar-refractivity contribution is 9.10. The van der Waals surface area contributed by atoms with Crippen molar-refractivity contribution < 1.29 is 0 Å². The Balaban J connectivity index is 2.20. The van der Waals surface area contributed by atoms with Gasteiger partial charge in [-0.25, -0.2) is 0 Å². The highest BCUT2D eigenvalue weighted by atomic mass is 79.9. The molecule has 1 aliphatic heterocycles. The first-order valence-corrected chi connectivity index (χ1v) is 7.33. The molecule has 2 aromatic rings. The van der Waals surface area contributed by atoms with Gasteiger partial charge in [0.2, 0.25) is 0 Å². The molecule has 0 bridgehead atoms. The molecule has 1 heterocycles. The number of rotatable bonds is 1. The molecule has 0 aromatic heterocycles. The number of nitrogens with zero attached hydrogens (tertiary/aromatic N) is 1. The first kappa shape index (κ1) is 12.7. The van der Waals surface area contributed by atoms with Crippen LogP contribution < -0.4 is 16.2 Å². The van der Waals surface area contributed by atoms with Crippen molar-refractivity contribution in [3.63, 3.8) is 0 Å². The van der Waals surface area contributed by atoms with Gasteiger partial charge in [0.05, 0.1) is 5.69 Å². The summed E-state index contributed by atoms with van der Waals surface area (Å²) in [5, 5.41) is 4.86. The van der Waals surface area contributed by atoms with Gasteiger partial charge in [-0.3, -0.25) is 10.4 Å². The maximum atomic E-state index is 5.58. The molecule has 0 fully saturated rings. The number of benzene rings is 2. The molecule has 3 N–H and O–H groups in total. The Morgan fingerprint density at radius 3 is 2.89 bits per heavy atom. The predicted molar refractivity (Wildman–Crippen MR) is 87.3 cm³/mol. The maximum Gasteiger partial charge on any atom is 0.182 e. The third-order valence-electron chi connectivity index (χ3n) is 3.51. The van der Waals surface area contributed by atoms with Crippen LogP contribution in [-0.4, -0.2) is 11.7 Å². The van der Waals surface area contributed by atoms with Crippen LogP contribution in [0.5, 0.6) is 0 Å². The molecule has 0 spiro atoms. The molecule has 1 unspecified atom stereocenters. The molecular weight excluding hydrogens is 322 g/mol. The topological polar surface area (TPSA) is 41.3 Å². The molecule has 0 saturated heterocycles. The van der Waals surface area contributed by atoms with Crippen LogP contribution in [0.4, 0.5) is 5.69 Å². The first-order valence-electron chi connectivity index (χ1n) is 6.12. The van der Waals surface area contributed by atoms with Gasteiger partial charge in [-0.15, -0.1) is 0 Å². The van der Waals surface area contributed by atoms with Crippen molar-refractivity contribution in [1.29, 1.82) is 0 Å². The molecule has 1 aliphatic rings. The predicted octanol–water partition coefficient (Wildman–Crippen LogP) is 3.27. The largest absolute Gasteiger partial charge is 0.375 e. The Hall–Kier alpha value is -1.33. The standard InChI is InChI=1S/C14H14BrN3S/c1-8-7-18(17-14(16)19)12-6-5-9-10(13(8)12)3-2-4-11(9)15/h2-6,8H,7H2,1H3,(H3,16,17,19). The smallest absolute Gasteiger partial charge is 0.182 e. The van der Waals surface area contributed by atoms with Crippen LogP contribution in [-0.2, 0) is 0 Å². The van der Waals surface area contributed by atoms with Crippen molar-refractivity contribution in [2.45, 2.75) is 12.8 Å². The lowest BCUT2D eigenvalue weighted by Crippen LogP contribution is -2.44. The summed E-state index contributed by atoms with van der Waals surface area (Å²) in [7, 11) is 0. The van der Waals surface area contributed by atoms with Gasteiger partial charge in [-0.1, -0.05) is 41.1 Å². The number of fused-ring (bicyclic) bond motifs is 3. The van der Waals surface area contributed by atoms with Gasteiger partial charge in [0.25, 0.3) is 0 Å². The third-order valence-corrected chi connectivity index (χ3v) is 4.29. The van der Waals surface area contributed by atoms with Crippen LogP contribution in [0, 0.1) is 0 Å². The monoisotopic (exact) mass is 335 g/mol. The fraction of sp³-hybridized carbons (Fsp3) is 0.214. The van der Waals surface area contributed by atoms with Crippen LogP contribution in [0.25, 0.3) is 10.8 Å². The van der Waals surface area contributed by atoms with Crippen LogP contribution >= 0.6 is 28.1 Å². The number of nitrogens with two attached hydrogens (primary N) is 1. The average molecular weight is 336 g/mol. The summed E-state index contributed by atoms with van der Waals surface area (Å²) in [5.41, 5.74) is 11.1. The molecule has 1 atom stereocenters. The Bertz CT molecular complexity index is 671. The van der Waals surface area contributed by atoms with Crippen molar-refractivity contribution >= 4 is 49.7 Å². The highest BCUT2D eigenvalue weighted by Crippen LogP contribution is 2.41. The van der Waals surface area contributed by atoms with Crippen molar-refractivity contribution in [1.82, 2.24) is 5.43 Å². The molecule has 3 rings (SSSR count). The lowest BCUT2D eigenvalue weighted by atomic mass is 9.96. The number of hydrogen-bond donors (Lipinski definition) is 2. The van der Waals surface area contributed by atoms with Crippen molar-refractivity contribution in [2.24, 2.45) is 5.73 Å². The fourth-order valence-electron chi connectivity index (χ4n) is 2.79. The molecule has 0 aliphatic carbocycles. The van der Waals surface area contributed by atoms with Crippen LogP contribution in [0.15, 0.2) is 34.8 Å². The molecule has 19 heavy (non-hydrogen) atoms. The first-order chi connectivity index (χ1) is 9.08. The van der Waals surface area contributed by atoms with Crippen molar-refractivity contribution in [3.8, 4) is 0 Å². The van der Waals surface area contributed by atoms with E-state index in [4.69, 9.17) is 18.0 Å².